The van der Waals surface area contributed by atoms with Gasteiger partial charge in [-0.1, -0.05) is 99.2 Å². The van der Waals surface area contributed by atoms with Crippen LogP contribution in [0.15, 0.2) is 109 Å². The second-order valence-electron chi connectivity index (χ2n) is 10.7. The van der Waals surface area contributed by atoms with Crippen LogP contribution >= 0.6 is 0 Å². The fourth-order valence-electron chi connectivity index (χ4n) is 5.84. The van der Waals surface area contributed by atoms with Crippen molar-refractivity contribution in [3.05, 3.63) is 121 Å². The molecule has 4 heteroatoms. The number of unbranched alkanes of at least 4 members (excludes halogenated alkanes) is 7. The molecular weight excluding hydrogens is 488 g/mol. The summed E-state index contributed by atoms with van der Waals surface area (Å²) in [5.74, 6) is 2.35. The molecule has 0 unspecified atom stereocenters. The first-order chi connectivity index (χ1) is 19.9. The maximum Gasteiger partial charge on any atom is 0.114 e. The lowest BCUT2D eigenvalue weighted by Crippen LogP contribution is -2.01. The zero-order valence-corrected chi connectivity index (χ0v) is 23.3. The number of fused-ring (bicyclic) bond motifs is 2. The summed E-state index contributed by atoms with van der Waals surface area (Å²) in [5.41, 5.74) is 6.96. The van der Waals surface area contributed by atoms with Gasteiger partial charge in [-0.3, -0.25) is 9.13 Å². The standard InChI is InChI=1S/C36H38N4/c1(3-5-13-27-35-37-31-23-15-17-25-33(31)39(35)29-19-9-7-10-20-29)2-4-6-14-28-36-38-32-24-16-18-26-34(32)40(36)30-21-11-8-12-22-30/h7-12,15-26H,1-6,13-14,27-28H2. The van der Waals surface area contributed by atoms with Crippen LogP contribution in [-0.4, -0.2) is 19.1 Å². The lowest BCUT2D eigenvalue weighted by molar-refractivity contribution is 0.560. The number of para-hydroxylation sites is 6. The Morgan fingerprint density at radius 3 is 1.15 bits per heavy atom. The topological polar surface area (TPSA) is 35.6 Å². The van der Waals surface area contributed by atoms with Crippen molar-refractivity contribution in [3.8, 4) is 11.4 Å². The second kappa shape index (κ2) is 12.8. The van der Waals surface area contributed by atoms with Crippen molar-refractivity contribution in [2.45, 2.75) is 64.2 Å². The summed E-state index contributed by atoms with van der Waals surface area (Å²) < 4.78 is 4.67. The Balaban J connectivity index is 0.943. The molecule has 6 aromatic rings. The van der Waals surface area contributed by atoms with Crippen LogP contribution in [0.5, 0.6) is 0 Å². The molecule has 2 aromatic heterocycles. The lowest BCUT2D eigenvalue weighted by Gasteiger charge is -2.10. The van der Waals surface area contributed by atoms with E-state index in [4.69, 9.17) is 9.97 Å². The Kier molecular flexibility index (Phi) is 8.33. The Labute approximate surface area is 237 Å². The molecule has 0 saturated carbocycles. The number of aromatic nitrogens is 4. The van der Waals surface area contributed by atoms with Gasteiger partial charge in [0.2, 0.25) is 0 Å². The van der Waals surface area contributed by atoms with Gasteiger partial charge >= 0.3 is 0 Å². The number of rotatable bonds is 13. The Bertz CT molecular complexity index is 1520. The van der Waals surface area contributed by atoms with Gasteiger partial charge < -0.3 is 0 Å². The minimum Gasteiger partial charge on any atom is -0.296 e. The number of hydrogen-bond donors (Lipinski definition) is 0. The zero-order valence-electron chi connectivity index (χ0n) is 23.3. The SMILES string of the molecule is c1ccc(-n2c(CCCCCCCCCCc3nc4ccccc4n3-c3ccccc3)nc3ccccc32)cc1. The molecule has 0 aliphatic heterocycles. The zero-order chi connectivity index (χ0) is 27.0. The van der Waals surface area contributed by atoms with Gasteiger partial charge in [0.1, 0.15) is 11.6 Å². The van der Waals surface area contributed by atoms with Crippen molar-refractivity contribution in [1.82, 2.24) is 19.1 Å². The minimum absolute atomic E-state index is 1.02. The molecule has 0 aliphatic carbocycles. The third-order valence-corrected chi connectivity index (χ3v) is 7.84. The first-order valence-electron chi connectivity index (χ1n) is 14.9. The predicted octanol–water partition coefficient (Wildman–Crippen LogP) is 9.27. The van der Waals surface area contributed by atoms with E-state index in [-0.39, 0.29) is 0 Å². The molecule has 4 nitrogen and oxygen atoms in total. The third-order valence-electron chi connectivity index (χ3n) is 7.84. The quantitative estimate of drug-likeness (QED) is 0.141. The van der Waals surface area contributed by atoms with Crippen LogP contribution in [0.3, 0.4) is 0 Å². The van der Waals surface area contributed by atoms with E-state index in [1.807, 2.05) is 0 Å². The summed E-state index contributed by atoms with van der Waals surface area (Å²) in [4.78, 5) is 9.95. The lowest BCUT2D eigenvalue weighted by atomic mass is 10.1. The van der Waals surface area contributed by atoms with Gasteiger partial charge in [0.15, 0.2) is 0 Å². The molecule has 0 aliphatic rings. The third kappa shape index (κ3) is 5.86. The number of imidazole rings is 2. The first kappa shape index (κ1) is 26.1. The van der Waals surface area contributed by atoms with Crippen LogP contribution in [0.25, 0.3) is 33.4 Å². The van der Waals surface area contributed by atoms with Gasteiger partial charge in [0, 0.05) is 24.2 Å². The highest BCUT2D eigenvalue weighted by Crippen LogP contribution is 2.24. The molecule has 0 radical (unpaired) electrons. The van der Waals surface area contributed by atoms with Crippen LogP contribution in [0.1, 0.15) is 63.0 Å². The maximum atomic E-state index is 4.98. The largest absolute Gasteiger partial charge is 0.296 e. The van der Waals surface area contributed by atoms with E-state index in [0.29, 0.717) is 0 Å². The summed E-state index contributed by atoms with van der Waals surface area (Å²) in [6.07, 6.45) is 12.2. The number of benzene rings is 4. The van der Waals surface area contributed by atoms with E-state index in [0.717, 1.165) is 23.9 Å². The van der Waals surface area contributed by atoms with Crippen LogP contribution < -0.4 is 0 Å². The van der Waals surface area contributed by atoms with Crippen molar-refractivity contribution in [2.75, 3.05) is 0 Å². The normalized spacial score (nSPS) is 11.5. The molecule has 0 spiro atoms. The average Bonchev–Trinajstić information content (AvgIpc) is 3.57. The van der Waals surface area contributed by atoms with Crippen LogP contribution in [0, 0.1) is 0 Å². The van der Waals surface area contributed by atoms with Gasteiger partial charge in [0.25, 0.3) is 0 Å². The van der Waals surface area contributed by atoms with E-state index >= 15 is 0 Å². The Morgan fingerprint density at radius 2 is 0.725 bits per heavy atom. The molecule has 4 aromatic carbocycles. The molecule has 2 heterocycles. The summed E-state index contributed by atoms with van der Waals surface area (Å²) in [6.45, 7) is 0. The summed E-state index contributed by atoms with van der Waals surface area (Å²) in [5, 5.41) is 0. The van der Waals surface area contributed by atoms with Crippen LogP contribution in [0.4, 0.5) is 0 Å². The highest BCUT2D eigenvalue weighted by molar-refractivity contribution is 5.79. The monoisotopic (exact) mass is 526 g/mol. The molecule has 202 valence electrons. The molecule has 0 fully saturated rings. The maximum absolute atomic E-state index is 4.98. The van der Waals surface area contributed by atoms with E-state index in [9.17, 15) is 0 Å². The van der Waals surface area contributed by atoms with Crippen molar-refractivity contribution in [2.24, 2.45) is 0 Å². The number of aryl methyl sites for hydroxylation is 2. The van der Waals surface area contributed by atoms with Crippen molar-refractivity contribution < 1.29 is 0 Å². The number of nitrogens with zero attached hydrogens (tertiary/aromatic N) is 4. The smallest absolute Gasteiger partial charge is 0.114 e. The molecular formula is C36H38N4. The van der Waals surface area contributed by atoms with Gasteiger partial charge in [0.05, 0.1) is 22.1 Å². The average molecular weight is 527 g/mol. The molecule has 0 bridgehead atoms. The van der Waals surface area contributed by atoms with Crippen molar-refractivity contribution in [3.63, 3.8) is 0 Å². The molecule has 40 heavy (non-hydrogen) atoms. The van der Waals surface area contributed by atoms with E-state index < -0.39 is 0 Å². The molecule has 0 saturated heterocycles. The van der Waals surface area contributed by atoms with E-state index in [2.05, 4.69) is 118 Å². The second-order valence-corrected chi connectivity index (χ2v) is 10.7. The van der Waals surface area contributed by atoms with E-state index in [1.165, 1.54) is 85.4 Å². The van der Waals surface area contributed by atoms with Gasteiger partial charge in [-0.15, -0.1) is 0 Å². The number of hydrogen-bond acceptors (Lipinski definition) is 2. The Morgan fingerprint density at radius 1 is 0.375 bits per heavy atom. The molecule has 0 N–H and O–H groups in total. The van der Waals surface area contributed by atoms with Gasteiger partial charge in [-0.2, -0.15) is 0 Å². The minimum atomic E-state index is 1.02. The van der Waals surface area contributed by atoms with Gasteiger partial charge in [-0.25, -0.2) is 9.97 Å². The summed E-state index contributed by atoms with van der Waals surface area (Å²) in [6, 6.07) is 38.2. The van der Waals surface area contributed by atoms with Crippen molar-refractivity contribution >= 4 is 22.1 Å². The first-order valence-corrected chi connectivity index (χ1v) is 14.9. The Hall–Kier alpha value is -4.18. The highest BCUT2D eigenvalue weighted by atomic mass is 15.1. The molecule has 0 amide bonds. The van der Waals surface area contributed by atoms with Crippen LogP contribution in [0.2, 0.25) is 0 Å². The fraction of sp³-hybridized carbons (Fsp3) is 0.278. The summed E-state index contributed by atoms with van der Waals surface area (Å²) in [7, 11) is 0. The highest BCUT2D eigenvalue weighted by Gasteiger charge is 2.13. The molecule has 0 atom stereocenters. The predicted molar refractivity (Wildman–Crippen MR) is 166 cm³/mol. The van der Waals surface area contributed by atoms with E-state index in [1.54, 1.807) is 0 Å². The van der Waals surface area contributed by atoms with Crippen molar-refractivity contribution in [1.29, 1.82) is 0 Å². The molecule has 6 rings (SSSR count). The fourth-order valence-corrected chi connectivity index (χ4v) is 5.84. The van der Waals surface area contributed by atoms with Gasteiger partial charge in [-0.05, 0) is 61.4 Å². The summed E-state index contributed by atoms with van der Waals surface area (Å²) >= 11 is 0. The van der Waals surface area contributed by atoms with Crippen LogP contribution in [-0.2, 0) is 12.8 Å².